The molecule has 0 heterocycles. The molecule has 0 radical (unpaired) electrons. The smallest absolute Gasteiger partial charge is 0.238 e. The second-order valence-corrected chi connectivity index (χ2v) is 6.49. The number of hydrogen-bond donors (Lipinski definition) is 2. The summed E-state index contributed by atoms with van der Waals surface area (Å²) in [7, 11) is -3.69. The summed E-state index contributed by atoms with van der Waals surface area (Å²) in [5.41, 5.74) is 1.70. The van der Waals surface area contributed by atoms with Crippen molar-refractivity contribution in [3.63, 3.8) is 0 Å². The maximum Gasteiger partial charge on any atom is 0.238 e. The Balaban J connectivity index is 2.23. The summed E-state index contributed by atoms with van der Waals surface area (Å²) in [5, 5.41) is 9.03. The highest BCUT2D eigenvalue weighted by Crippen LogP contribution is 2.23. The Kier molecular flexibility index (Phi) is 4.32. The summed E-state index contributed by atoms with van der Waals surface area (Å²) in [5.74, 6) is 0. The lowest BCUT2D eigenvalue weighted by molar-refractivity contribution is 0.597. The molecule has 2 rings (SSSR count). The highest BCUT2D eigenvalue weighted by atomic mass is 35.5. The molecule has 0 saturated heterocycles. The standard InChI is InChI=1S/C14H15ClN2O2S/c1-10(17-13-6-3-5-12(15)9-13)11-4-2-7-14(8-11)20(16,18)19/h2-10,17H,1H3,(H2,16,18,19). The van der Waals surface area contributed by atoms with Gasteiger partial charge in [0.25, 0.3) is 0 Å². The van der Waals surface area contributed by atoms with Crippen LogP contribution in [-0.4, -0.2) is 8.42 Å². The Morgan fingerprint density at radius 1 is 1.15 bits per heavy atom. The Morgan fingerprint density at radius 2 is 1.85 bits per heavy atom. The van der Waals surface area contributed by atoms with Crippen molar-refractivity contribution in [2.45, 2.75) is 17.9 Å². The van der Waals surface area contributed by atoms with Crippen LogP contribution in [-0.2, 0) is 10.0 Å². The first kappa shape index (κ1) is 14.8. The normalized spacial score (nSPS) is 12.9. The zero-order valence-electron chi connectivity index (χ0n) is 10.9. The number of sulfonamides is 1. The zero-order chi connectivity index (χ0) is 14.8. The summed E-state index contributed by atoms with van der Waals surface area (Å²) < 4.78 is 22.7. The van der Waals surface area contributed by atoms with Gasteiger partial charge in [0.2, 0.25) is 10.0 Å². The molecule has 0 aliphatic carbocycles. The lowest BCUT2D eigenvalue weighted by atomic mass is 10.1. The van der Waals surface area contributed by atoms with Crippen LogP contribution in [0.15, 0.2) is 53.4 Å². The monoisotopic (exact) mass is 310 g/mol. The fourth-order valence-corrected chi connectivity index (χ4v) is 2.63. The van der Waals surface area contributed by atoms with Crippen molar-refractivity contribution in [3.05, 3.63) is 59.1 Å². The summed E-state index contributed by atoms with van der Waals surface area (Å²) in [6.07, 6.45) is 0. The number of nitrogens with one attached hydrogen (secondary N) is 1. The number of anilines is 1. The van der Waals surface area contributed by atoms with Crippen LogP contribution in [0.5, 0.6) is 0 Å². The van der Waals surface area contributed by atoms with Gasteiger partial charge in [-0.15, -0.1) is 0 Å². The van der Waals surface area contributed by atoms with Crippen LogP contribution >= 0.6 is 11.6 Å². The number of hydrogen-bond acceptors (Lipinski definition) is 3. The molecule has 4 nitrogen and oxygen atoms in total. The van der Waals surface area contributed by atoms with Crippen molar-refractivity contribution in [1.82, 2.24) is 0 Å². The van der Waals surface area contributed by atoms with Crippen molar-refractivity contribution in [3.8, 4) is 0 Å². The van der Waals surface area contributed by atoms with Gasteiger partial charge < -0.3 is 5.32 Å². The number of primary sulfonamides is 1. The molecule has 20 heavy (non-hydrogen) atoms. The molecule has 6 heteroatoms. The van der Waals surface area contributed by atoms with Gasteiger partial charge >= 0.3 is 0 Å². The van der Waals surface area contributed by atoms with Crippen molar-refractivity contribution >= 4 is 27.3 Å². The molecule has 0 amide bonds. The predicted molar refractivity (Wildman–Crippen MR) is 81.3 cm³/mol. The average Bonchev–Trinajstić information content (AvgIpc) is 2.38. The molecule has 2 aromatic rings. The van der Waals surface area contributed by atoms with E-state index in [-0.39, 0.29) is 10.9 Å². The molecule has 0 fully saturated rings. The van der Waals surface area contributed by atoms with Gasteiger partial charge in [-0.25, -0.2) is 13.6 Å². The molecular weight excluding hydrogens is 296 g/mol. The van der Waals surface area contributed by atoms with E-state index in [2.05, 4.69) is 5.32 Å². The molecule has 2 aromatic carbocycles. The van der Waals surface area contributed by atoms with E-state index in [0.29, 0.717) is 5.02 Å². The fraction of sp³-hybridized carbons (Fsp3) is 0.143. The van der Waals surface area contributed by atoms with E-state index in [1.807, 2.05) is 31.2 Å². The van der Waals surface area contributed by atoms with Crippen molar-refractivity contribution in [2.24, 2.45) is 5.14 Å². The quantitative estimate of drug-likeness (QED) is 0.911. The van der Waals surface area contributed by atoms with E-state index in [0.717, 1.165) is 11.3 Å². The van der Waals surface area contributed by atoms with Crippen molar-refractivity contribution < 1.29 is 8.42 Å². The zero-order valence-corrected chi connectivity index (χ0v) is 12.4. The molecule has 0 aliphatic heterocycles. The van der Waals surface area contributed by atoms with Crippen LogP contribution in [0.25, 0.3) is 0 Å². The number of halogens is 1. The molecule has 0 bridgehead atoms. The number of benzene rings is 2. The number of nitrogens with two attached hydrogens (primary N) is 1. The molecule has 0 saturated carbocycles. The second-order valence-electron chi connectivity index (χ2n) is 4.49. The van der Waals surface area contributed by atoms with Gasteiger partial charge in [-0.3, -0.25) is 0 Å². The third-order valence-electron chi connectivity index (χ3n) is 2.89. The SMILES string of the molecule is CC(Nc1cccc(Cl)c1)c1cccc(S(N)(=O)=O)c1. The van der Waals surface area contributed by atoms with Gasteiger partial charge in [0, 0.05) is 16.8 Å². The van der Waals surface area contributed by atoms with Gasteiger partial charge in [0.1, 0.15) is 0 Å². The van der Waals surface area contributed by atoms with E-state index in [4.69, 9.17) is 16.7 Å². The second kappa shape index (κ2) is 5.83. The summed E-state index contributed by atoms with van der Waals surface area (Å²) in [4.78, 5) is 0.106. The van der Waals surface area contributed by atoms with Crippen molar-refractivity contribution in [2.75, 3.05) is 5.32 Å². The third kappa shape index (κ3) is 3.72. The van der Waals surface area contributed by atoms with E-state index >= 15 is 0 Å². The van der Waals surface area contributed by atoms with E-state index < -0.39 is 10.0 Å². The molecule has 3 N–H and O–H groups in total. The predicted octanol–water partition coefficient (Wildman–Crippen LogP) is 3.16. The molecule has 1 unspecified atom stereocenters. The summed E-state index contributed by atoms with van der Waals surface area (Å²) >= 11 is 5.92. The van der Waals surface area contributed by atoms with Crippen LogP contribution in [0.4, 0.5) is 5.69 Å². The van der Waals surface area contributed by atoms with Crippen LogP contribution in [0.2, 0.25) is 5.02 Å². The Labute approximate surface area is 123 Å². The minimum atomic E-state index is -3.69. The summed E-state index contributed by atoms with van der Waals surface area (Å²) in [6, 6.07) is 13.8. The van der Waals surface area contributed by atoms with Gasteiger partial charge in [-0.2, -0.15) is 0 Å². The van der Waals surface area contributed by atoms with Crippen LogP contribution in [0.3, 0.4) is 0 Å². The Hall–Kier alpha value is -1.56. The molecule has 106 valence electrons. The van der Waals surface area contributed by atoms with Gasteiger partial charge in [0.05, 0.1) is 4.90 Å². The molecule has 1 atom stereocenters. The lowest BCUT2D eigenvalue weighted by Crippen LogP contribution is -2.13. The molecule has 0 aliphatic rings. The van der Waals surface area contributed by atoms with E-state index in [1.54, 1.807) is 18.2 Å². The largest absolute Gasteiger partial charge is 0.378 e. The highest BCUT2D eigenvalue weighted by molar-refractivity contribution is 7.89. The van der Waals surface area contributed by atoms with Crippen LogP contribution < -0.4 is 10.5 Å². The molecule has 0 spiro atoms. The fourth-order valence-electron chi connectivity index (χ4n) is 1.87. The van der Waals surface area contributed by atoms with Gasteiger partial charge in [0.15, 0.2) is 0 Å². The third-order valence-corrected chi connectivity index (χ3v) is 4.04. The summed E-state index contributed by atoms with van der Waals surface area (Å²) in [6.45, 7) is 1.93. The minimum Gasteiger partial charge on any atom is -0.378 e. The average molecular weight is 311 g/mol. The first-order chi connectivity index (χ1) is 9.36. The van der Waals surface area contributed by atoms with Gasteiger partial charge in [-0.1, -0.05) is 29.8 Å². The topological polar surface area (TPSA) is 72.2 Å². The van der Waals surface area contributed by atoms with E-state index in [9.17, 15) is 8.42 Å². The maximum absolute atomic E-state index is 11.4. The molecular formula is C14H15ClN2O2S. The first-order valence-electron chi connectivity index (χ1n) is 6.01. The number of rotatable bonds is 4. The Bertz CT molecular complexity index is 717. The van der Waals surface area contributed by atoms with Crippen LogP contribution in [0.1, 0.15) is 18.5 Å². The minimum absolute atomic E-state index is 0.0739. The van der Waals surface area contributed by atoms with Gasteiger partial charge in [-0.05, 0) is 42.8 Å². The van der Waals surface area contributed by atoms with Crippen molar-refractivity contribution in [1.29, 1.82) is 0 Å². The molecule has 0 aromatic heterocycles. The Morgan fingerprint density at radius 3 is 2.50 bits per heavy atom. The van der Waals surface area contributed by atoms with E-state index in [1.165, 1.54) is 6.07 Å². The van der Waals surface area contributed by atoms with Crippen LogP contribution in [0, 0.1) is 0 Å². The maximum atomic E-state index is 11.4. The first-order valence-corrected chi connectivity index (χ1v) is 7.93. The lowest BCUT2D eigenvalue weighted by Gasteiger charge is -2.16. The highest BCUT2D eigenvalue weighted by Gasteiger charge is 2.11.